The van der Waals surface area contributed by atoms with Crippen molar-refractivity contribution in [1.29, 1.82) is 0 Å². The van der Waals surface area contributed by atoms with Gasteiger partial charge in [0, 0.05) is 31.7 Å². The molecule has 1 amide bonds. The maximum absolute atomic E-state index is 12.1. The van der Waals surface area contributed by atoms with Gasteiger partial charge in [-0.05, 0) is 26.2 Å². The van der Waals surface area contributed by atoms with Gasteiger partial charge in [0.2, 0.25) is 5.91 Å². The van der Waals surface area contributed by atoms with E-state index < -0.39 is 0 Å². The van der Waals surface area contributed by atoms with Gasteiger partial charge in [0.05, 0.1) is 13.2 Å². The lowest BCUT2D eigenvalue weighted by Gasteiger charge is -2.24. The van der Waals surface area contributed by atoms with Gasteiger partial charge in [-0.15, -0.1) is 0 Å². The first-order valence-corrected chi connectivity index (χ1v) is 7.38. The quantitative estimate of drug-likeness (QED) is 0.779. The van der Waals surface area contributed by atoms with E-state index in [0.717, 1.165) is 32.7 Å². The average molecular weight is 254 g/mol. The smallest absolute Gasteiger partial charge is 0.236 e. The van der Waals surface area contributed by atoms with Gasteiger partial charge in [-0.3, -0.25) is 4.79 Å². The standard InChI is InChI=1S/C14H26N2O2/c1-2-16(10-12-7-8-18-11-12)14(17)9-15-13-5-3-4-6-13/h12-13,15H,2-11H2,1H3. The Labute approximate surface area is 110 Å². The summed E-state index contributed by atoms with van der Waals surface area (Å²) in [6, 6.07) is 0.572. The molecule has 1 heterocycles. The first kappa shape index (κ1) is 13.8. The van der Waals surface area contributed by atoms with Gasteiger partial charge in [-0.2, -0.15) is 0 Å². The Bertz CT molecular complexity index is 259. The van der Waals surface area contributed by atoms with E-state index in [1.807, 2.05) is 4.90 Å². The number of carbonyl (C=O) groups is 1. The summed E-state index contributed by atoms with van der Waals surface area (Å²) in [6.45, 7) is 5.91. The van der Waals surface area contributed by atoms with Crippen molar-refractivity contribution in [3.63, 3.8) is 0 Å². The van der Waals surface area contributed by atoms with Crippen LogP contribution in [0.4, 0.5) is 0 Å². The zero-order chi connectivity index (χ0) is 12.8. The molecule has 1 saturated heterocycles. The molecule has 1 unspecified atom stereocenters. The maximum Gasteiger partial charge on any atom is 0.236 e. The Kier molecular flexibility index (Phi) is 5.45. The summed E-state index contributed by atoms with van der Waals surface area (Å²) in [5, 5.41) is 3.40. The normalized spacial score (nSPS) is 24.6. The van der Waals surface area contributed by atoms with Gasteiger partial charge in [0.15, 0.2) is 0 Å². The van der Waals surface area contributed by atoms with E-state index in [9.17, 15) is 4.79 Å². The van der Waals surface area contributed by atoms with Crippen molar-refractivity contribution < 1.29 is 9.53 Å². The summed E-state index contributed by atoms with van der Waals surface area (Å²) in [7, 11) is 0. The molecule has 1 atom stereocenters. The van der Waals surface area contributed by atoms with E-state index in [1.165, 1.54) is 25.7 Å². The molecule has 2 rings (SSSR count). The number of hydrogen-bond acceptors (Lipinski definition) is 3. The van der Waals surface area contributed by atoms with Gasteiger partial charge in [0.25, 0.3) is 0 Å². The predicted octanol–water partition coefficient (Wildman–Crippen LogP) is 1.40. The molecular formula is C14H26N2O2. The molecule has 104 valence electrons. The van der Waals surface area contributed by atoms with Crippen LogP contribution in [0.1, 0.15) is 39.0 Å². The Morgan fingerprint density at radius 1 is 1.33 bits per heavy atom. The monoisotopic (exact) mass is 254 g/mol. The Hall–Kier alpha value is -0.610. The molecular weight excluding hydrogens is 228 g/mol. The minimum atomic E-state index is 0.247. The third-order valence-corrected chi connectivity index (χ3v) is 4.13. The number of hydrogen-bond donors (Lipinski definition) is 1. The number of ether oxygens (including phenoxy) is 1. The second-order valence-corrected chi connectivity index (χ2v) is 5.52. The predicted molar refractivity (Wildman–Crippen MR) is 71.4 cm³/mol. The zero-order valence-electron chi connectivity index (χ0n) is 11.5. The summed E-state index contributed by atoms with van der Waals surface area (Å²) in [4.78, 5) is 14.1. The Morgan fingerprint density at radius 3 is 2.72 bits per heavy atom. The van der Waals surface area contributed by atoms with E-state index in [-0.39, 0.29) is 5.91 Å². The number of amides is 1. The van der Waals surface area contributed by atoms with Crippen molar-refractivity contribution in [3.8, 4) is 0 Å². The lowest BCUT2D eigenvalue weighted by Crippen LogP contribution is -2.43. The second-order valence-electron chi connectivity index (χ2n) is 5.52. The molecule has 0 aromatic rings. The zero-order valence-corrected chi connectivity index (χ0v) is 11.5. The average Bonchev–Trinajstić information content (AvgIpc) is 3.06. The molecule has 0 bridgehead atoms. The molecule has 0 aromatic heterocycles. The molecule has 1 aliphatic heterocycles. The minimum absolute atomic E-state index is 0.247. The fraction of sp³-hybridized carbons (Fsp3) is 0.929. The largest absolute Gasteiger partial charge is 0.381 e. The first-order chi connectivity index (χ1) is 8.79. The number of carbonyl (C=O) groups excluding carboxylic acids is 1. The Balaban J connectivity index is 1.70. The van der Waals surface area contributed by atoms with Gasteiger partial charge in [0.1, 0.15) is 0 Å². The summed E-state index contributed by atoms with van der Waals surface area (Å²) in [6.07, 6.45) is 6.18. The topological polar surface area (TPSA) is 41.6 Å². The number of nitrogens with zero attached hydrogens (tertiary/aromatic N) is 1. The summed E-state index contributed by atoms with van der Waals surface area (Å²) in [5.41, 5.74) is 0. The fourth-order valence-corrected chi connectivity index (χ4v) is 2.92. The van der Waals surface area contributed by atoms with Crippen LogP contribution in [-0.4, -0.2) is 49.7 Å². The molecule has 1 aliphatic carbocycles. The molecule has 2 fully saturated rings. The summed E-state index contributed by atoms with van der Waals surface area (Å²) < 4.78 is 5.37. The van der Waals surface area contributed by atoms with Crippen LogP contribution >= 0.6 is 0 Å². The van der Waals surface area contributed by atoms with E-state index in [2.05, 4.69) is 12.2 Å². The summed E-state index contributed by atoms with van der Waals surface area (Å²) >= 11 is 0. The minimum Gasteiger partial charge on any atom is -0.381 e. The van der Waals surface area contributed by atoms with Gasteiger partial charge in [-0.25, -0.2) is 0 Å². The molecule has 0 spiro atoms. The molecule has 2 aliphatic rings. The van der Waals surface area contributed by atoms with Crippen molar-refractivity contribution in [2.24, 2.45) is 5.92 Å². The van der Waals surface area contributed by atoms with Crippen LogP contribution in [0.15, 0.2) is 0 Å². The molecule has 4 heteroatoms. The molecule has 0 radical (unpaired) electrons. The fourth-order valence-electron chi connectivity index (χ4n) is 2.92. The SMILES string of the molecule is CCN(CC1CCOC1)C(=O)CNC1CCCC1. The van der Waals surface area contributed by atoms with E-state index in [4.69, 9.17) is 4.74 Å². The highest BCUT2D eigenvalue weighted by Gasteiger charge is 2.22. The van der Waals surface area contributed by atoms with Crippen LogP contribution in [0.2, 0.25) is 0 Å². The molecule has 18 heavy (non-hydrogen) atoms. The molecule has 1 N–H and O–H groups in total. The van der Waals surface area contributed by atoms with Crippen molar-refractivity contribution in [3.05, 3.63) is 0 Å². The molecule has 1 saturated carbocycles. The highest BCUT2D eigenvalue weighted by atomic mass is 16.5. The van der Waals surface area contributed by atoms with Crippen molar-refractivity contribution in [2.45, 2.75) is 45.1 Å². The third kappa shape index (κ3) is 3.95. The first-order valence-electron chi connectivity index (χ1n) is 7.38. The maximum atomic E-state index is 12.1. The van der Waals surface area contributed by atoms with E-state index in [1.54, 1.807) is 0 Å². The highest BCUT2D eigenvalue weighted by Crippen LogP contribution is 2.17. The van der Waals surface area contributed by atoms with Crippen LogP contribution in [0.25, 0.3) is 0 Å². The third-order valence-electron chi connectivity index (χ3n) is 4.13. The van der Waals surface area contributed by atoms with Crippen LogP contribution in [0.5, 0.6) is 0 Å². The molecule has 0 aromatic carbocycles. The molecule has 4 nitrogen and oxygen atoms in total. The lowest BCUT2D eigenvalue weighted by atomic mass is 10.1. The van der Waals surface area contributed by atoms with Crippen molar-refractivity contribution in [1.82, 2.24) is 10.2 Å². The highest BCUT2D eigenvalue weighted by molar-refractivity contribution is 5.78. The number of likely N-dealkylation sites (N-methyl/N-ethyl adjacent to an activating group) is 1. The summed E-state index contributed by atoms with van der Waals surface area (Å²) in [5.74, 6) is 0.789. The van der Waals surface area contributed by atoms with Crippen LogP contribution in [0, 0.1) is 5.92 Å². The van der Waals surface area contributed by atoms with E-state index >= 15 is 0 Å². The van der Waals surface area contributed by atoms with Crippen LogP contribution < -0.4 is 5.32 Å². The van der Waals surface area contributed by atoms with Gasteiger partial charge >= 0.3 is 0 Å². The number of rotatable bonds is 6. The number of nitrogens with one attached hydrogen (secondary N) is 1. The van der Waals surface area contributed by atoms with Gasteiger partial charge in [-0.1, -0.05) is 12.8 Å². The van der Waals surface area contributed by atoms with Crippen molar-refractivity contribution in [2.75, 3.05) is 32.8 Å². The van der Waals surface area contributed by atoms with E-state index in [0.29, 0.717) is 18.5 Å². The van der Waals surface area contributed by atoms with Crippen LogP contribution in [-0.2, 0) is 9.53 Å². The Morgan fingerprint density at radius 2 is 2.11 bits per heavy atom. The van der Waals surface area contributed by atoms with Gasteiger partial charge < -0.3 is 15.0 Å². The lowest BCUT2D eigenvalue weighted by molar-refractivity contribution is -0.130. The van der Waals surface area contributed by atoms with Crippen LogP contribution in [0.3, 0.4) is 0 Å². The second kappa shape index (κ2) is 7.10. The van der Waals surface area contributed by atoms with Crippen molar-refractivity contribution >= 4 is 5.91 Å².